The molecule has 30 heavy (non-hydrogen) atoms. The number of allylic oxidation sites excluding steroid dienone is 2. The molecule has 0 aliphatic heterocycles. The van der Waals surface area contributed by atoms with Gasteiger partial charge in [0.05, 0.1) is 12.1 Å². The number of hydrogen-bond donors (Lipinski definition) is 2. The third kappa shape index (κ3) is 2.96. The minimum absolute atomic E-state index is 0.0281. The molecule has 5 heteroatoms. The van der Waals surface area contributed by atoms with Gasteiger partial charge in [-0.2, -0.15) is 5.10 Å². The number of aliphatic hydroxyl groups excluding tert-OH is 1. The predicted octanol–water partition coefficient (Wildman–Crippen LogP) is 3.90. The fourth-order valence-corrected chi connectivity index (χ4v) is 7.96. The molecule has 4 aliphatic rings. The van der Waals surface area contributed by atoms with Crippen LogP contribution in [0.25, 0.3) is 0 Å². The van der Waals surface area contributed by atoms with Crippen molar-refractivity contribution in [2.45, 2.75) is 83.8 Å². The number of carbonyl (C=O) groups excluding carboxylic acids is 1. The molecule has 6 atom stereocenters. The molecule has 1 aromatic heterocycles. The molecule has 0 radical (unpaired) electrons. The maximum absolute atomic E-state index is 13.2. The summed E-state index contributed by atoms with van der Waals surface area (Å²) in [6.07, 6.45) is 12.4. The molecule has 0 amide bonds. The first-order valence-corrected chi connectivity index (χ1v) is 11.8. The highest BCUT2D eigenvalue weighted by atomic mass is 16.3. The van der Waals surface area contributed by atoms with E-state index < -0.39 is 5.60 Å². The Bertz CT molecular complexity index is 858. The Balaban J connectivity index is 1.45. The van der Waals surface area contributed by atoms with E-state index in [0.29, 0.717) is 24.2 Å². The van der Waals surface area contributed by atoms with Crippen LogP contribution in [0.1, 0.15) is 71.6 Å². The summed E-state index contributed by atoms with van der Waals surface area (Å²) in [6, 6.07) is 1.87. The SMILES string of the molecule is CC1(O)CCC2(CO)C(CCC3=C4CCC(C(=O)Cn5cccn5)C4(C)CCC32)C1. The van der Waals surface area contributed by atoms with Gasteiger partial charge in [-0.25, -0.2) is 0 Å². The first kappa shape index (κ1) is 20.4. The van der Waals surface area contributed by atoms with E-state index in [4.69, 9.17) is 0 Å². The van der Waals surface area contributed by atoms with Crippen molar-refractivity contribution in [2.24, 2.45) is 28.6 Å². The molecule has 6 unspecified atom stereocenters. The summed E-state index contributed by atoms with van der Waals surface area (Å²) in [7, 11) is 0. The molecule has 0 aromatic carbocycles. The van der Waals surface area contributed by atoms with Gasteiger partial charge in [-0.05, 0) is 88.0 Å². The standard InChI is InChI=1S/C25H36N2O3/c1-23(30)10-11-25(16-28)17(14-23)4-5-18-19-6-7-21(24(19,2)9-8-20(18)25)22(29)15-27-13-3-12-26-27/h3,12-13,17,20-21,28,30H,4-11,14-16H2,1-2H3. The molecule has 0 saturated heterocycles. The van der Waals surface area contributed by atoms with Gasteiger partial charge in [0.2, 0.25) is 0 Å². The van der Waals surface area contributed by atoms with Crippen LogP contribution in [0, 0.1) is 28.6 Å². The van der Waals surface area contributed by atoms with Crippen LogP contribution in [0.2, 0.25) is 0 Å². The average molecular weight is 413 g/mol. The number of carbonyl (C=O) groups is 1. The second-order valence-corrected chi connectivity index (χ2v) is 11.1. The van der Waals surface area contributed by atoms with Crippen molar-refractivity contribution in [3.63, 3.8) is 0 Å². The second kappa shape index (κ2) is 7.03. The zero-order valence-corrected chi connectivity index (χ0v) is 18.4. The largest absolute Gasteiger partial charge is 0.396 e. The van der Waals surface area contributed by atoms with Gasteiger partial charge in [-0.3, -0.25) is 9.48 Å². The smallest absolute Gasteiger partial charge is 0.158 e. The van der Waals surface area contributed by atoms with Crippen LogP contribution in [0.3, 0.4) is 0 Å². The van der Waals surface area contributed by atoms with Gasteiger partial charge < -0.3 is 10.2 Å². The van der Waals surface area contributed by atoms with Crippen LogP contribution >= 0.6 is 0 Å². The summed E-state index contributed by atoms with van der Waals surface area (Å²) < 4.78 is 1.75. The molecule has 5 nitrogen and oxygen atoms in total. The lowest BCUT2D eigenvalue weighted by Gasteiger charge is -2.58. The van der Waals surface area contributed by atoms with Crippen molar-refractivity contribution in [2.75, 3.05) is 6.61 Å². The Labute approximate surface area is 179 Å². The third-order valence-corrected chi connectivity index (χ3v) is 9.55. The van der Waals surface area contributed by atoms with Gasteiger partial charge in [0.25, 0.3) is 0 Å². The molecule has 2 N–H and O–H groups in total. The quantitative estimate of drug-likeness (QED) is 0.736. The molecule has 0 spiro atoms. The predicted molar refractivity (Wildman–Crippen MR) is 115 cm³/mol. The molecule has 3 saturated carbocycles. The van der Waals surface area contributed by atoms with E-state index in [1.165, 1.54) is 0 Å². The molecule has 1 aromatic rings. The summed E-state index contributed by atoms with van der Waals surface area (Å²) in [4.78, 5) is 13.2. The number of aromatic nitrogens is 2. The fraction of sp³-hybridized carbons (Fsp3) is 0.760. The Morgan fingerprint density at radius 2 is 2.03 bits per heavy atom. The molecule has 1 heterocycles. The lowest BCUT2D eigenvalue weighted by molar-refractivity contribution is -0.128. The van der Waals surface area contributed by atoms with Crippen LogP contribution in [-0.4, -0.2) is 38.0 Å². The molecule has 5 rings (SSSR count). The number of ketones is 1. The number of hydrogen-bond acceptors (Lipinski definition) is 4. The number of rotatable bonds is 4. The maximum Gasteiger partial charge on any atom is 0.158 e. The summed E-state index contributed by atoms with van der Waals surface area (Å²) in [6.45, 7) is 4.89. The summed E-state index contributed by atoms with van der Waals surface area (Å²) in [5.74, 6) is 1.23. The number of fused-ring (bicyclic) bond motifs is 4. The van der Waals surface area contributed by atoms with Gasteiger partial charge >= 0.3 is 0 Å². The van der Waals surface area contributed by atoms with Gasteiger partial charge in [-0.15, -0.1) is 0 Å². The number of nitrogens with zero attached hydrogens (tertiary/aromatic N) is 2. The van der Waals surface area contributed by atoms with E-state index in [1.54, 1.807) is 22.0 Å². The topological polar surface area (TPSA) is 75.3 Å². The van der Waals surface area contributed by atoms with Crippen molar-refractivity contribution in [1.29, 1.82) is 0 Å². The highest BCUT2D eigenvalue weighted by molar-refractivity contribution is 5.83. The Morgan fingerprint density at radius 1 is 1.20 bits per heavy atom. The van der Waals surface area contributed by atoms with Gasteiger partial charge in [0, 0.05) is 30.3 Å². The first-order valence-electron chi connectivity index (χ1n) is 11.8. The van der Waals surface area contributed by atoms with Gasteiger partial charge in [0.15, 0.2) is 5.78 Å². The van der Waals surface area contributed by atoms with E-state index in [9.17, 15) is 15.0 Å². The van der Waals surface area contributed by atoms with E-state index >= 15 is 0 Å². The van der Waals surface area contributed by atoms with Crippen LogP contribution in [0.15, 0.2) is 29.6 Å². The lowest BCUT2D eigenvalue weighted by Crippen LogP contribution is -2.54. The van der Waals surface area contributed by atoms with E-state index in [-0.39, 0.29) is 23.4 Å². The summed E-state index contributed by atoms with van der Waals surface area (Å²) in [5.41, 5.74) is 2.43. The van der Waals surface area contributed by atoms with Crippen LogP contribution in [-0.2, 0) is 11.3 Å². The highest BCUT2D eigenvalue weighted by Crippen LogP contribution is 2.65. The van der Waals surface area contributed by atoms with E-state index in [1.807, 2.05) is 19.2 Å². The van der Waals surface area contributed by atoms with Crippen LogP contribution < -0.4 is 0 Å². The zero-order valence-electron chi connectivity index (χ0n) is 18.4. The van der Waals surface area contributed by atoms with E-state index in [0.717, 1.165) is 57.8 Å². The molecule has 4 aliphatic carbocycles. The minimum Gasteiger partial charge on any atom is -0.396 e. The molecular formula is C25H36N2O3. The minimum atomic E-state index is -0.589. The maximum atomic E-state index is 13.2. The van der Waals surface area contributed by atoms with Crippen LogP contribution in [0.5, 0.6) is 0 Å². The van der Waals surface area contributed by atoms with E-state index in [2.05, 4.69) is 12.0 Å². The average Bonchev–Trinajstić information content (AvgIpc) is 3.34. The van der Waals surface area contributed by atoms with Crippen molar-refractivity contribution in [3.8, 4) is 0 Å². The first-order chi connectivity index (χ1) is 14.3. The van der Waals surface area contributed by atoms with Crippen molar-refractivity contribution in [1.82, 2.24) is 9.78 Å². The molecule has 3 fully saturated rings. The Hall–Kier alpha value is -1.46. The normalized spacial score (nSPS) is 43.1. The molecular weight excluding hydrogens is 376 g/mol. The lowest BCUT2D eigenvalue weighted by atomic mass is 9.47. The zero-order chi connectivity index (χ0) is 21.1. The van der Waals surface area contributed by atoms with Crippen LogP contribution in [0.4, 0.5) is 0 Å². The van der Waals surface area contributed by atoms with Crippen molar-refractivity contribution < 1.29 is 15.0 Å². The van der Waals surface area contributed by atoms with Gasteiger partial charge in [-0.1, -0.05) is 18.1 Å². The van der Waals surface area contributed by atoms with Crippen molar-refractivity contribution >= 4 is 5.78 Å². The third-order valence-electron chi connectivity index (χ3n) is 9.55. The Kier molecular flexibility index (Phi) is 4.79. The van der Waals surface area contributed by atoms with Crippen molar-refractivity contribution in [3.05, 3.63) is 29.6 Å². The van der Waals surface area contributed by atoms with Gasteiger partial charge in [0.1, 0.15) is 0 Å². The monoisotopic (exact) mass is 412 g/mol. The Morgan fingerprint density at radius 3 is 2.77 bits per heavy atom. The highest BCUT2D eigenvalue weighted by Gasteiger charge is 2.58. The number of aliphatic hydroxyl groups is 2. The second-order valence-electron chi connectivity index (χ2n) is 11.1. The summed E-state index contributed by atoms with van der Waals surface area (Å²) in [5, 5.41) is 25.5. The molecule has 164 valence electrons. The number of Topliss-reactive ketones (excluding diaryl/α,β-unsaturated/α-hetero) is 1. The summed E-state index contributed by atoms with van der Waals surface area (Å²) >= 11 is 0. The molecule has 0 bridgehead atoms. The fourth-order valence-electron chi connectivity index (χ4n) is 7.96.